The molecule has 0 bridgehead atoms. The molecule has 1 heterocycles. The summed E-state index contributed by atoms with van der Waals surface area (Å²) in [6.07, 6.45) is 3.25. The molecule has 4 heteroatoms. The Morgan fingerprint density at radius 1 is 1.33 bits per heavy atom. The van der Waals surface area contributed by atoms with Gasteiger partial charge in [-0.15, -0.1) is 0 Å². The molecule has 0 amide bonds. The number of hydrogen-bond acceptors (Lipinski definition) is 3. The number of anilines is 1. The molecule has 0 radical (unpaired) electrons. The molecular formula is C17H25BrN2O. The van der Waals surface area contributed by atoms with Gasteiger partial charge in [0.25, 0.3) is 0 Å². The first kappa shape index (κ1) is 15.3. The number of nitrogens with one attached hydrogen (secondary N) is 1. The second-order valence-electron chi connectivity index (χ2n) is 6.42. The summed E-state index contributed by atoms with van der Waals surface area (Å²) in [5.41, 5.74) is 2.69. The number of aliphatic hydroxyl groups excluding tert-OH is 1. The fourth-order valence-electron chi connectivity index (χ4n) is 3.84. The molecule has 1 saturated carbocycles. The van der Waals surface area contributed by atoms with Crippen LogP contribution in [-0.4, -0.2) is 30.8 Å². The molecule has 2 N–H and O–H groups in total. The first-order valence-corrected chi connectivity index (χ1v) is 8.90. The Balaban J connectivity index is 1.75. The minimum Gasteiger partial charge on any atom is -0.393 e. The Hall–Kier alpha value is -0.580. The Labute approximate surface area is 135 Å². The lowest BCUT2D eigenvalue weighted by Gasteiger charge is -2.24. The van der Waals surface area contributed by atoms with Crippen molar-refractivity contribution in [3.05, 3.63) is 28.2 Å². The van der Waals surface area contributed by atoms with Crippen LogP contribution in [0.5, 0.6) is 0 Å². The molecule has 1 saturated heterocycles. The third-order valence-electron chi connectivity index (χ3n) is 4.94. The van der Waals surface area contributed by atoms with Crippen molar-refractivity contribution in [1.82, 2.24) is 5.32 Å². The lowest BCUT2D eigenvalue weighted by molar-refractivity contribution is 0.133. The Kier molecular flexibility index (Phi) is 4.87. The van der Waals surface area contributed by atoms with Gasteiger partial charge in [0.15, 0.2) is 0 Å². The summed E-state index contributed by atoms with van der Waals surface area (Å²) in [6, 6.07) is 6.58. The smallest absolute Gasteiger partial charge is 0.0588 e. The summed E-state index contributed by atoms with van der Waals surface area (Å²) < 4.78 is 1.14. The van der Waals surface area contributed by atoms with Gasteiger partial charge in [0.1, 0.15) is 0 Å². The van der Waals surface area contributed by atoms with Crippen LogP contribution in [0.2, 0.25) is 0 Å². The van der Waals surface area contributed by atoms with Gasteiger partial charge in [-0.25, -0.2) is 0 Å². The first-order chi connectivity index (χ1) is 10.2. The lowest BCUT2D eigenvalue weighted by Crippen LogP contribution is -2.26. The van der Waals surface area contributed by atoms with E-state index in [0.717, 1.165) is 43.5 Å². The third kappa shape index (κ3) is 3.27. The van der Waals surface area contributed by atoms with E-state index in [0.29, 0.717) is 11.8 Å². The molecule has 3 rings (SSSR count). The van der Waals surface area contributed by atoms with E-state index in [1.807, 2.05) is 0 Å². The van der Waals surface area contributed by atoms with Gasteiger partial charge in [0, 0.05) is 35.7 Å². The van der Waals surface area contributed by atoms with Crippen molar-refractivity contribution in [3.63, 3.8) is 0 Å². The Morgan fingerprint density at radius 3 is 2.95 bits per heavy atom. The van der Waals surface area contributed by atoms with Crippen LogP contribution in [-0.2, 0) is 6.54 Å². The number of rotatable bonds is 5. The summed E-state index contributed by atoms with van der Waals surface area (Å²) in [6.45, 7) is 6.27. The van der Waals surface area contributed by atoms with Crippen LogP contribution in [0.4, 0.5) is 5.69 Å². The van der Waals surface area contributed by atoms with Gasteiger partial charge < -0.3 is 15.3 Å². The molecule has 1 aromatic carbocycles. The van der Waals surface area contributed by atoms with Crippen molar-refractivity contribution >= 4 is 21.6 Å². The van der Waals surface area contributed by atoms with Crippen molar-refractivity contribution in [1.29, 1.82) is 0 Å². The van der Waals surface area contributed by atoms with Crippen LogP contribution < -0.4 is 10.2 Å². The first-order valence-electron chi connectivity index (χ1n) is 8.11. The topological polar surface area (TPSA) is 35.5 Å². The van der Waals surface area contributed by atoms with Crippen molar-refractivity contribution < 1.29 is 5.11 Å². The predicted molar refractivity (Wildman–Crippen MR) is 90.6 cm³/mol. The molecule has 0 aromatic heterocycles. The predicted octanol–water partition coefficient (Wildman–Crippen LogP) is 3.16. The quantitative estimate of drug-likeness (QED) is 0.799. The van der Waals surface area contributed by atoms with Crippen molar-refractivity contribution in [2.24, 2.45) is 11.8 Å². The highest BCUT2D eigenvalue weighted by molar-refractivity contribution is 9.10. The molecule has 1 aliphatic heterocycles. The summed E-state index contributed by atoms with van der Waals surface area (Å²) in [5.74, 6) is 1.16. The molecule has 1 aromatic rings. The van der Waals surface area contributed by atoms with Gasteiger partial charge in [-0.1, -0.05) is 22.9 Å². The van der Waals surface area contributed by atoms with E-state index >= 15 is 0 Å². The number of nitrogens with zero attached hydrogens (tertiary/aromatic N) is 1. The summed E-state index contributed by atoms with van der Waals surface area (Å²) in [5, 5.41) is 13.6. The second-order valence-corrected chi connectivity index (χ2v) is 7.34. The highest BCUT2D eigenvalue weighted by Gasteiger charge is 2.42. The van der Waals surface area contributed by atoms with Gasteiger partial charge in [0.05, 0.1) is 6.10 Å². The monoisotopic (exact) mass is 352 g/mol. The summed E-state index contributed by atoms with van der Waals surface area (Å²) in [4.78, 5) is 2.48. The zero-order chi connectivity index (χ0) is 14.8. The van der Waals surface area contributed by atoms with E-state index in [9.17, 15) is 5.11 Å². The second kappa shape index (κ2) is 6.67. The molecule has 1 aliphatic carbocycles. The molecule has 3 atom stereocenters. The van der Waals surface area contributed by atoms with Gasteiger partial charge in [-0.05, 0) is 55.5 Å². The van der Waals surface area contributed by atoms with Gasteiger partial charge in [0.2, 0.25) is 0 Å². The Morgan fingerprint density at radius 2 is 2.19 bits per heavy atom. The third-order valence-corrected chi connectivity index (χ3v) is 5.44. The molecule has 2 fully saturated rings. The minimum absolute atomic E-state index is 0.0860. The van der Waals surface area contributed by atoms with Gasteiger partial charge in [-0.3, -0.25) is 0 Å². The van der Waals surface area contributed by atoms with Crippen molar-refractivity contribution in [2.75, 3.05) is 24.5 Å². The molecule has 21 heavy (non-hydrogen) atoms. The number of fused-ring (bicyclic) bond motifs is 1. The summed E-state index contributed by atoms with van der Waals surface area (Å²) in [7, 11) is 0. The van der Waals surface area contributed by atoms with E-state index < -0.39 is 0 Å². The molecule has 3 nitrogen and oxygen atoms in total. The standard InChI is InChI=1S/C17H25BrN2O/c1-2-7-19-9-13-8-14(18)4-5-16(13)20-10-12-3-6-17(21)15(12)11-20/h4-5,8,12,15,17,19,21H,2-3,6-7,9-11H2,1H3. The highest BCUT2D eigenvalue weighted by Crippen LogP contribution is 2.40. The minimum atomic E-state index is -0.0860. The Bertz CT molecular complexity index is 494. The maximum atomic E-state index is 10.1. The van der Waals surface area contributed by atoms with Crippen LogP contribution >= 0.6 is 15.9 Å². The zero-order valence-electron chi connectivity index (χ0n) is 12.7. The average molecular weight is 353 g/mol. The average Bonchev–Trinajstić information content (AvgIpc) is 3.02. The van der Waals surface area contributed by atoms with Crippen LogP contribution in [0.25, 0.3) is 0 Å². The molecule has 2 aliphatic rings. The molecular weight excluding hydrogens is 328 g/mol. The van der Waals surface area contributed by atoms with Crippen molar-refractivity contribution in [3.8, 4) is 0 Å². The normalized spacial score (nSPS) is 28.1. The fraction of sp³-hybridized carbons (Fsp3) is 0.647. The summed E-state index contributed by atoms with van der Waals surface area (Å²) >= 11 is 3.59. The van der Waals surface area contributed by atoms with E-state index in [1.54, 1.807) is 0 Å². The maximum absolute atomic E-state index is 10.1. The van der Waals surface area contributed by atoms with E-state index in [1.165, 1.54) is 17.7 Å². The maximum Gasteiger partial charge on any atom is 0.0588 e. The molecule has 0 spiro atoms. The van der Waals surface area contributed by atoms with Gasteiger partial charge in [-0.2, -0.15) is 0 Å². The van der Waals surface area contributed by atoms with Gasteiger partial charge >= 0.3 is 0 Å². The number of hydrogen-bond donors (Lipinski definition) is 2. The van der Waals surface area contributed by atoms with Crippen LogP contribution in [0.15, 0.2) is 22.7 Å². The zero-order valence-corrected chi connectivity index (χ0v) is 14.3. The van der Waals surface area contributed by atoms with Crippen molar-refractivity contribution in [2.45, 2.75) is 38.8 Å². The number of halogens is 1. The van der Waals surface area contributed by atoms with Crippen LogP contribution in [0.1, 0.15) is 31.7 Å². The SMILES string of the molecule is CCCNCc1cc(Br)ccc1N1CC2CCC(O)C2C1. The van der Waals surface area contributed by atoms with E-state index in [2.05, 4.69) is 51.3 Å². The lowest BCUT2D eigenvalue weighted by atomic mass is 10.00. The van der Waals surface area contributed by atoms with E-state index in [-0.39, 0.29) is 6.10 Å². The number of aliphatic hydroxyl groups is 1. The van der Waals surface area contributed by atoms with E-state index in [4.69, 9.17) is 0 Å². The fourth-order valence-corrected chi connectivity index (χ4v) is 4.25. The molecule has 116 valence electrons. The van der Waals surface area contributed by atoms with Crippen LogP contribution in [0, 0.1) is 11.8 Å². The highest BCUT2D eigenvalue weighted by atomic mass is 79.9. The largest absolute Gasteiger partial charge is 0.393 e. The molecule has 3 unspecified atom stereocenters. The number of benzene rings is 1. The van der Waals surface area contributed by atoms with Crippen LogP contribution in [0.3, 0.4) is 0 Å².